The van der Waals surface area contributed by atoms with Crippen molar-refractivity contribution in [2.45, 2.75) is 6.42 Å². The van der Waals surface area contributed by atoms with Gasteiger partial charge >= 0.3 is 0 Å². The third-order valence-corrected chi connectivity index (χ3v) is 3.65. The number of hydrogen-bond donors (Lipinski definition) is 1. The van der Waals surface area contributed by atoms with E-state index in [0.717, 1.165) is 33.7 Å². The predicted octanol–water partition coefficient (Wildman–Crippen LogP) is 2.46. The zero-order chi connectivity index (χ0) is 11.1. The Kier molecular flexibility index (Phi) is 2.27. The molecule has 0 saturated heterocycles. The van der Waals surface area contributed by atoms with Gasteiger partial charge in [-0.1, -0.05) is 5.16 Å². The van der Waals surface area contributed by atoms with Crippen LogP contribution in [0.25, 0.3) is 11.3 Å². The number of fused-ring (bicyclic) bond motifs is 1. The fourth-order valence-corrected chi connectivity index (χ4v) is 2.31. The minimum absolute atomic E-state index is 0.437. The van der Waals surface area contributed by atoms with Gasteiger partial charge in [0, 0.05) is 12.0 Å². The number of rotatable bonds is 1. The van der Waals surface area contributed by atoms with E-state index in [1.165, 1.54) is 5.56 Å². The number of nitrogens with two attached hydrogens (primary N) is 1. The Labute approximate surface area is 106 Å². The van der Waals surface area contributed by atoms with Crippen molar-refractivity contribution in [2.75, 3.05) is 12.3 Å². The number of halogens is 1. The highest BCUT2D eigenvalue weighted by molar-refractivity contribution is 14.1. The van der Waals surface area contributed by atoms with Gasteiger partial charge < -0.3 is 15.0 Å². The standard InChI is InChI=1S/C11H9IN2O2/c12-9-10(16-14-11(9)13)7-1-2-8-6(5-7)3-4-15-8/h1-2,5H,3-4H2,(H2,13,14). The van der Waals surface area contributed by atoms with E-state index in [4.69, 9.17) is 15.0 Å². The average molecular weight is 328 g/mol. The first-order valence-electron chi connectivity index (χ1n) is 4.92. The maximum atomic E-state index is 5.65. The molecule has 0 aliphatic carbocycles. The molecule has 82 valence electrons. The van der Waals surface area contributed by atoms with Crippen LogP contribution in [0.1, 0.15) is 5.56 Å². The zero-order valence-corrected chi connectivity index (χ0v) is 10.5. The number of nitrogens with zero attached hydrogens (tertiary/aromatic N) is 1. The Morgan fingerprint density at radius 2 is 2.25 bits per heavy atom. The fourth-order valence-electron chi connectivity index (χ4n) is 1.80. The first-order valence-corrected chi connectivity index (χ1v) is 6.00. The highest BCUT2D eigenvalue weighted by atomic mass is 127. The van der Waals surface area contributed by atoms with Crippen LogP contribution in [0.3, 0.4) is 0 Å². The molecule has 2 heterocycles. The lowest BCUT2D eigenvalue weighted by Crippen LogP contribution is -1.86. The highest BCUT2D eigenvalue weighted by Gasteiger charge is 2.17. The molecule has 0 unspecified atom stereocenters. The monoisotopic (exact) mass is 328 g/mol. The molecule has 0 amide bonds. The minimum atomic E-state index is 0.437. The SMILES string of the molecule is Nc1noc(-c2ccc3c(c2)CCO3)c1I. The van der Waals surface area contributed by atoms with Crippen molar-refractivity contribution in [1.82, 2.24) is 5.16 Å². The van der Waals surface area contributed by atoms with Gasteiger partial charge in [-0.15, -0.1) is 0 Å². The Balaban J connectivity index is 2.10. The molecule has 0 spiro atoms. The Morgan fingerprint density at radius 1 is 1.38 bits per heavy atom. The summed E-state index contributed by atoms with van der Waals surface area (Å²) < 4.78 is 11.5. The van der Waals surface area contributed by atoms with Gasteiger partial charge in [-0.2, -0.15) is 0 Å². The average Bonchev–Trinajstić information content (AvgIpc) is 2.86. The van der Waals surface area contributed by atoms with Crippen molar-refractivity contribution in [3.63, 3.8) is 0 Å². The summed E-state index contributed by atoms with van der Waals surface area (Å²) in [5, 5.41) is 3.75. The summed E-state index contributed by atoms with van der Waals surface area (Å²) in [7, 11) is 0. The van der Waals surface area contributed by atoms with Crippen LogP contribution in [0.15, 0.2) is 22.7 Å². The van der Waals surface area contributed by atoms with Crippen LogP contribution in [-0.2, 0) is 6.42 Å². The lowest BCUT2D eigenvalue weighted by atomic mass is 10.1. The highest BCUT2D eigenvalue weighted by Crippen LogP contribution is 2.33. The van der Waals surface area contributed by atoms with Crippen LogP contribution >= 0.6 is 22.6 Å². The van der Waals surface area contributed by atoms with Crippen molar-refractivity contribution < 1.29 is 9.26 Å². The van der Waals surface area contributed by atoms with Crippen LogP contribution in [-0.4, -0.2) is 11.8 Å². The molecule has 0 atom stereocenters. The Hall–Kier alpha value is -1.24. The van der Waals surface area contributed by atoms with E-state index in [2.05, 4.69) is 33.8 Å². The first-order chi connectivity index (χ1) is 7.75. The molecule has 1 aliphatic rings. The zero-order valence-electron chi connectivity index (χ0n) is 8.37. The predicted molar refractivity (Wildman–Crippen MR) is 68.3 cm³/mol. The van der Waals surface area contributed by atoms with Crippen LogP contribution in [0.5, 0.6) is 5.75 Å². The van der Waals surface area contributed by atoms with Crippen LogP contribution < -0.4 is 10.5 Å². The second-order valence-corrected chi connectivity index (χ2v) is 4.71. The molecule has 1 aromatic carbocycles. The number of anilines is 1. The van der Waals surface area contributed by atoms with Gasteiger partial charge in [0.1, 0.15) is 9.32 Å². The van der Waals surface area contributed by atoms with E-state index >= 15 is 0 Å². The largest absolute Gasteiger partial charge is 0.493 e. The first kappa shape index (κ1) is 9.95. The molecular weight excluding hydrogens is 319 g/mol. The molecule has 0 saturated carbocycles. The van der Waals surface area contributed by atoms with E-state index in [-0.39, 0.29) is 0 Å². The molecule has 16 heavy (non-hydrogen) atoms. The molecule has 4 nitrogen and oxygen atoms in total. The van der Waals surface area contributed by atoms with Gasteiger partial charge in [0.25, 0.3) is 0 Å². The summed E-state index contributed by atoms with van der Waals surface area (Å²) in [5.41, 5.74) is 7.86. The normalized spacial score (nSPS) is 13.6. The second kappa shape index (κ2) is 3.65. The maximum Gasteiger partial charge on any atom is 0.182 e. The van der Waals surface area contributed by atoms with Crippen molar-refractivity contribution in [1.29, 1.82) is 0 Å². The number of ether oxygens (including phenoxy) is 1. The van der Waals surface area contributed by atoms with E-state index in [1.807, 2.05) is 12.1 Å². The van der Waals surface area contributed by atoms with Gasteiger partial charge in [0.15, 0.2) is 11.6 Å². The molecule has 3 rings (SSSR count). The van der Waals surface area contributed by atoms with Crippen molar-refractivity contribution in [3.05, 3.63) is 27.3 Å². The van der Waals surface area contributed by atoms with Crippen LogP contribution in [0.4, 0.5) is 5.82 Å². The van der Waals surface area contributed by atoms with E-state index in [1.54, 1.807) is 0 Å². The fraction of sp³-hybridized carbons (Fsp3) is 0.182. The van der Waals surface area contributed by atoms with E-state index in [9.17, 15) is 0 Å². The maximum absolute atomic E-state index is 5.65. The molecule has 0 bridgehead atoms. The summed E-state index contributed by atoms with van der Waals surface area (Å²) in [6.07, 6.45) is 0.948. The van der Waals surface area contributed by atoms with E-state index < -0.39 is 0 Å². The summed E-state index contributed by atoms with van der Waals surface area (Å²) in [4.78, 5) is 0. The lowest BCUT2D eigenvalue weighted by molar-refractivity contribution is 0.357. The number of benzene rings is 1. The smallest absolute Gasteiger partial charge is 0.182 e. The molecule has 1 aromatic heterocycles. The van der Waals surface area contributed by atoms with Crippen molar-refractivity contribution in [2.24, 2.45) is 0 Å². The molecule has 0 fully saturated rings. The summed E-state index contributed by atoms with van der Waals surface area (Å²) in [5.74, 6) is 2.13. The molecule has 1 aliphatic heterocycles. The molecule has 0 radical (unpaired) electrons. The summed E-state index contributed by atoms with van der Waals surface area (Å²) in [6.45, 7) is 0.758. The molecular formula is C11H9IN2O2. The third-order valence-electron chi connectivity index (χ3n) is 2.61. The minimum Gasteiger partial charge on any atom is -0.493 e. The topological polar surface area (TPSA) is 61.3 Å². The van der Waals surface area contributed by atoms with Crippen molar-refractivity contribution in [3.8, 4) is 17.1 Å². The molecule has 2 N–H and O–H groups in total. The quantitative estimate of drug-likeness (QED) is 0.817. The van der Waals surface area contributed by atoms with Gasteiger partial charge in [0.05, 0.1) is 6.61 Å². The van der Waals surface area contributed by atoms with Gasteiger partial charge in [-0.25, -0.2) is 0 Å². The van der Waals surface area contributed by atoms with Crippen LogP contribution in [0, 0.1) is 3.57 Å². The summed E-state index contributed by atoms with van der Waals surface area (Å²) in [6, 6.07) is 6.00. The third kappa shape index (κ3) is 1.46. The van der Waals surface area contributed by atoms with Gasteiger partial charge in [-0.05, 0) is 46.4 Å². The summed E-state index contributed by atoms with van der Waals surface area (Å²) >= 11 is 2.14. The number of aromatic nitrogens is 1. The molecule has 2 aromatic rings. The van der Waals surface area contributed by atoms with Gasteiger partial charge in [-0.3, -0.25) is 0 Å². The second-order valence-electron chi connectivity index (χ2n) is 3.63. The Bertz CT molecular complexity index is 551. The number of hydrogen-bond acceptors (Lipinski definition) is 4. The number of nitrogen functional groups attached to an aromatic ring is 1. The lowest BCUT2D eigenvalue weighted by Gasteiger charge is -2.01. The van der Waals surface area contributed by atoms with E-state index in [0.29, 0.717) is 5.82 Å². The van der Waals surface area contributed by atoms with Gasteiger partial charge in [0.2, 0.25) is 0 Å². The van der Waals surface area contributed by atoms with Crippen molar-refractivity contribution >= 4 is 28.4 Å². The van der Waals surface area contributed by atoms with Crippen LogP contribution in [0.2, 0.25) is 0 Å². The molecule has 5 heteroatoms. The Morgan fingerprint density at radius 3 is 3.00 bits per heavy atom.